The smallest absolute Gasteiger partial charge is 0.0755 e. The first-order chi connectivity index (χ1) is 8.24. The van der Waals surface area contributed by atoms with E-state index in [1.807, 2.05) is 6.20 Å². The molecular formula is C13H22N4. The lowest BCUT2D eigenvalue weighted by Crippen LogP contribution is -2.49. The van der Waals surface area contributed by atoms with E-state index in [1.54, 1.807) is 12.4 Å². The molecular weight excluding hydrogens is 212 g/mol. The zero-order chi connectivity index (χ0) is 12.3. The topological polar surface area (TPSA) is 55.0 Å². The van der Waals surface area contributed by atoms with Crippen molar-refractivity contribution in [3.63, 3.8) is 0 Å². The first-order valence-electron chi connectivity index (χ1n) is 6.47. The first-order valence-corrected chi connectivity index (χ1v) is 6.47. The molecule has 4 heteroatoms. The highest BCUT2D eigenvalue weighted by atomic mass is 15.2. The summed E-state index contributed by atoms with van der Waals surface area (Å²) in [6.07, 6.45) is 9.08. The molecule has 0 bridgehead atoms. The number of piperidine rings is 1. The van der Waals surface area contributed by atoms with E-state index in [9.17, 15) is 0 Å². The number of rotatable bonds is 3. The summed E-state index contributed by atoms with van der Waals surface area (Å²) in [7, 11) is 0. The van der Waals surface area contributed by atoms with E-state index >= 15 is 0 Å². The van der Waals surface area contributed by atoms with Gasteiger partial charge in [-0.2, -0.15) is 0 Å². The zero-order valence-corrected chi connectivity index (χ0v) is 10.7. The van der Waals surface area contributed by atoms with Crippen molar-refractivity contribution < 1.29 is 0 Å². The fourth-order valence-corrected chi connectivity index (χ4v) is 2.92. The van der Waals surface area contributed by atoms with E-state index in [0.29, 0.717) is 18.1 Å². The summed E-state index contributed by atoms with van der Waals surface area (Å²) < 4.78 is 0. The van der Waals surface area contributed by atoms with E-state index in [1.165, 1.54) is 19.3 Å². The molecule has 0 radical (unpaired) electrons. The van der Waals surface area contributed by atoms with Crippen LogP contribution in [0.15, 0.2) is 18.6 Å². The van der Waals surface area contributed by atoms with E-state index in [4.69, 9.17) is 5.73 Å². The third kappa shape index (κ3) is 2.64. The van der Waals surface area contributed by atoms with Crippen LogP contribution in [-0.2, 0) is 0 Å². The Labute approximate surface area is 103 Å². The van der Waals surface area contributed by atoms with Crippen molar-refractivity contribution >= 4 is 0 Å². The number of likely N-dealkylation sites (tertiary alicyclic amines) is 1. The molecule has 0 amide bonds. The normalized spacial score (nSPS) is 27.9. The molecule has 2 N–H and O–H groups in total. The molecule has 0 spiro atoms. The Bertz CT molecular complexity index is 341. The Kier molecular flexibility index (Phi) is 4.07. The third-order valence-corrected chi connectivity index (χ3v) is 3.82. The maximum absolute atomic E-state index is 5.89. The molecule has 1 saturated heterocycles. The average Bonchev–Trinajstić information content (AvgIpc) is 2.38. The quantitative estimate of drug-likeness (QED) is 0.865. The van der Waals surface area contributed by atoms with Gasteiger partial charge in [-0.15, -0.1) is 0 Å². The molecule has 4 nitrogen and oxygen atoms in total. The van der Waals surface area contributed by atoms with Gasteiger partial charge in [0.05, 0.1) is 11.7 Å². The van der Waals surface area contributed by atoms with Crippen LogP contribution in [0.3, 0.4) is 0 Å². The minimum Gasteiger partial charge on any atom is -0.329 e. The van der Waals surface area contributed by atoms with Crippen molar-refractivity contribution in [2.24, 2.45) is 5.73 Å². The summed E-state index contributed by atoms with van der Waals surface area (Å²) in [6, 6.07) is 1.36. The van der Waals surface area contributed by atoms with Crippen LogP contribution in [0.1, 0.15) is 44.8 Å². The lowest BCUT2D eigenvalue weighted by molar-refractivity contribution is 0.0551. The fraction of sp³-hybridized carbons (Fsp3) is 0.692. The number of nitrogens with zero attached hydrogens (tertiary/aromatic N) is 3. The van der Waals surface area contributed by atoms with Gasteiger partial charge in [0.2, 0.25) is 0 Å². The molecule has 94 valence electrons. The summed E-state index contributed by atoms with van der Waals surface area (Å²) in [6.45, 7) is 5.22. The lowest BCUT2D eigenvalue weighted by Gasteiger charge is -2.43. The first kappa shape index (κ1) is 12.5. The number of hydrogen-bond donors (Lipinski definition) is 1. The zero-order valence-electron chi connectivity index (χ0n) is 10.7. The minimum atomic E-state index is 0.299. The van der Waals surface area contributed by atoms with Crippen LogP contribution in [0.5, 0.6) is 0 Å². The summed E-state index contributed by atoms with van der Waals surface area (Å²) >= 11 is 0. The van der Waals surface area contributed by atoms with Gasteiger partial charge in [-0.3, -0.25) is 14.9 Å². The van der Waals surface area contributed by atoms with Gasteiger partial charge in [0.1, 0.15) is 0 Å². The molecule has 0 aliphatic carbocycles. The summed E-state index contributed by atoms with van der Waals surface area (Å²) in [5.74, 6) is 0. The third-order valence-electron chi connectivity index (χ3n) is 3.82. The Hall–Kier alpha value is -1.00. The molecule has 2 heterocycles. The molecule has 1 aliphatic rings. The second kappa shape index (κ2) is 5.56. The Morgan fingerprint density at radius 1 is 1.47 bits per heavy atom. The Morgan fingerprint density at radius 2 is 2.29 bits per heavy atom. The van der Waals surface area contributed by atoms with Crippen LogP contribution in [0.4, 0.5) is 0 Å². The molecule has 3 unspecified atom stereocenters. The standard InChI is InChI=1S/C13H22N4/c1-10-4-3-5-12(8-14)17(10)11(2)13-9-15-6-7-16-13/h6-7,9-12H,3-5,8,14H2,1-2H3. The predicted octanol–water partition coefficient (Wildman–Crippen LogP) is 1.74. The van der Waals surface area contributed by atoms with Crippen LogP contribution in [-0.4, -0.2) is 33.5 Å². The monoisotopic (exact) mass is 234 g/mol. The van der Waals surface area contributed by atoms with Gasteiger partial charge >= 0.3 is 0 Å². The van der Waals surface area contributed by atoms with Gasteiger partial charge in [-0.05, 0) is 26.7 Å². The molecule has 17 heavy (non-hydrogen) atoms. The average molecular weight is 234 g/mol. The highest BCUT2D eigenvalue weighted by molar-refractivity contribution is 5.04. The highest BCUT2D eigenvalue weighted by Crippen LogP contribution is 2.30. The van der Waals surface area contributed by atoms with E-state index in [2.05, 4.69) is 28.7 Å². The predicted molar refractivity (Wildman–Crippen MR) is 68.4 cm³/mol. The molecule has 3 atom stereocenters. The number of aromatic nitrogens is 2. The van der Waals surface area contributed by atoms with Gasteiger partial charge in [0, 0.05) is 37.2 Å². The van der Waals surface area contributed by atoms with Gasteiger partial charge in [0.25, 0.3) is 0 Å². The number of hydrogen-bond acceptors (Lipinski definition) is 4. The second-order valence-corrected chi connectivity index (χ2v) is 4.92. The van der Waals surface area contributed by atoms with Crippen LogP contribution < -0.4 is 5.73 Å². The molecule has 1 aliphatic heterocycles. The largest absolute Gasteiger partial charge is 0.329 e. The maximum Gasteiger partial charge on any atom is 0.0755 e. The SMILES string of the molecule is CC1CCCC(CN)N1C(C)c1cnccn1. The number of nitrogens with two attached hydrogens (primary N) is 1. The molecule has 0 aromatic carbocycles. The van der Waals surface area contributed by atoms with Crippen molar-refractivity contribution in [3.05, 3.63) is 24.3 Å². The van der Waals surface area contributed by atoms with Gasteiger partial charge in [0.15, 0.2) is 0 Å². The van der Waals surface area contributed by atoms with Crippen molar-refractivity contribution in [1.82, 2.24) is 14.9 Å². The lowest BCUT2D eigenvalue weighted by atomic mass is 9.94. The molecule has 1 aromatic rings. The fourth-order valence-electron chi connectivity index (χ4n) is 2.92. The van der Waals surface area contributed by atoms with Crippen molar-refractivity contribution in [3.8, 4) is 0 Å². The van der Waals surface area contributed by atoms with Crippen LogP contribution in [0.2, 0.25) is 0 Å². The van der Waals surface area contributed by atoms with Crippen LogP contribution in [0, 0.1) is 0 Å². The molecule has 0 saturated carbocycles. The van der Waals surface area contributed by atoms with Crippen LogP contribution in [0.25, 0.3) is 0 Å². The summed E-state index contributed by atoms with van der Waals surface area (Å²) in [5, 5.41) is 0. The second-order valence-electron chi connectivity index (χ2n) is 4.92. The van der Waals surface area contributed by atoms with E-state index < -0.39 is 0 Å². The van der Waals surface area contributed by atoms with Gasteiger partial charge in [-0.1, -0.05) is 6.42 Å². The summed E-state index contributed by atoms with van der Waals surface area (Å²) in [4.78, 5) is 11.1. The molecule has 2 rings (SSSR count). The highest BCUT2D eigenvalue weighted by Gasteiger charge is 2.31. The van der Waals surface area contributed by atoms with Crippen molar-refractivity contribution in [2.45, 2.75) is 51.2 Å². The van der Waals surface area contributed by atoms with Crippen molar-refractivity contribution in [1.29, 1.82) is 0 Å². The Balaban J connectivity index is 2.18. The Morgan fingerprint density at radius 3 is 2.94 bits per heavy atom. The molecule has 1 aromatic heterocycles. The maximum atomic E-state index is 5.89. The minimum absolute atomic E-state index is 0.299. The van der Waals surface area contributed by atoms with Crippen LogP contribution >= 0.6 is 0 Å². The summed E-state index contributed by atoms with van der Waals surface area (Å²) in [5.41, 5.74) is 6.94. The van der Waals surface area contributed by atoms with Gasteiger partial charge in [-0.25, -0.2) is 0 Å². The van der Waals surface area contributed by atoms with E-state index in [-0.39, 0.29) is 0 Å². The van der Waals surface area contributed by atoms with E-state index in [0.717, 1.165) is 12.2 Å². The van der Waals surface area contributed by atoms with Crippen molar-refractivity contribution in [2.75, 3.05) is 6.54 Å². The van der Waals surface area contributed by atoms with Gasteiger partial charge < -0.3 is 5.73 Å². The molecule has 1 fully saturated rings.